The molecular weight excluding hydrogens is 300 g/mol. The highest BCUT2D eigenvalue weighted by molar-refractivity contribution is 7.15. The minimum atomic E-state index is 0.627. The standard InChI is InChI=1S/C17H15ClN2S/c18-14-8-6-13(7-9-14)17-20-16(15(21-17)10-11-19)12-4-2-1-3-5-12/h1-9H,10-11,19H2. The predicted molar refractivity (Wildman–Crippen MR) is 90.8 cm³/mol. The maximum absolute atomic E-state index is 5.95. The largest absolute Gasteiger partial charge is 0.330 e. The van der Waals surface area contributed by atoms with Crippen LogP contribution in [0.25, 0.3) is 21.8 Å². The van der Waals surface area contributed by atoms with Crippen molar-refractivity contribution in [2.24, 2.45) is 5.73 Å². The Hall–Kier alpha value is -1.68. The number of halogens is 1. The number of benzene rings is 2. The lowest BCUT2D eigenvalue weighted by Crippen LogP contribution is -2.02. The zero-order valence-electron chi connectivity index (χ0n) is 11.4. The van der Waals surface area contributed by atoms with Crippen molar-refractivity contribution < 1.29 is 0 Å². The number of thiazole rings is 1. The zero-order chi connectivity index (χ0) is 14.7. The van der Waals surface area contributed by atoms with E-state index in [-0.39, 0.29) is 0 Å². The molecule has 1 aromatic heterocycles. The topological polar surface area (TPSA) is 38.9 Å². The lowest BCUT2D eigenvalue weighted by Gasteiger charge is -2.00. The first-order chi connectivity index (χ1) is 10.3. The van der Waals surface area contributed by atoms with E-state index in [9.17, 15) is 0 Å². The normalized spacial score (nSPS) is 10.8. The van der Waals surface area contributed by atoms with Gasteiger partial charge in [0.25, 0.3) is 0 Å². The second kappa shape index (κ2) is 6.39. The molecule has 3 aromatic rings. The zero-order valence-corrected chi connectivity index (χ0v) is 13.0. The molecular formula is C17H15ClN2S. The summed E-state index contributed by atoms with van der Waals surface area (Å²) in [5.41, 5.74) is 9.00. The Kier molecular flexibility index (Phi) is 4.34. The van der Waals surface area contributed by atoms with Crippen molar-refractivity contribution in [2.45, 2.75) is 6.42 Å². The van der Waals surface area contributed by atoms with E-state index >= 15 is 0 Å². The van der Waals surface area contributed by atoms with Gasteiger partial charge in [-0.25, -0.2) is 4.98 Å². The summed E-state index contributed by atoms with van der Waals surface area (Å²) in [4.78, 5) is 6.05. The lowest BCUT2D eigenvalue weighted by molar-refractivity contribution is 0.986. The van der Waals surface area contributed by atoms with Crippen LogP contribution in [0.4, 0.5) is 0 Å². The Bertz CT molecular complexity index is 720. The van der Waals surface area contributed by atoms with Gasteiger partial charge >= 0.3 is 0 Å². The number of nitrogens with zero attached hydrogens (tertiary/aromatic N) is 1. The fourth-order valence-corrected chi connectivity index (χ4v) is 3.42. The third kappa shape index (κ3) is 3.16. The summed E-state index contributed by atoms with van der Waals surface area (Å²) in [5, 5.41) is 1.75. The summed E-state index contributed by atoms with van der Waals surface area (Å²) >= 11 is 7.65. The molecule has 0 saturated heterocycles. The predicted octanol–water partition coefficient (Wildman–Crippen LogP) is 4.63. The summed E-state index contributed by atoms with van der Waals surface area (Å²) in [6.07, 6.45) is 0.843. The van der Waals surface area contributed by atoms with Crippen molar-refractivity contribution in [3.63, 3.8) is 0 Å². The van der Waals surface area contributed by atoms with Crippen molar-refractivity contribution in [2.75, 3.05) is 6.54 Å². The van der Waals surface area contributed by atoms with Crippen molar-refractivity contribution >= 4 is 22.9 Å². The maximum atomic E-state index is 5.95. The van der Waals surface area contributed by atoms with Crippen LogP contribution in [0.2, 0.25) is 5.02 Å². The number of hydrogen-bond donors (Lipinski definition) is 1. The molecule has 3 rings (SSSR count). The molecule has 0 bridgehead atoms. The molecule has 0 fully saturated rings. The quantitative estimate of drug-likeness (QED) is 0.762. The second-order valence-electron chi connectivity index (χ2n) is 4.70. The van der Waals surface area contributed by atoms with Gasteiger partial charge in [0.2, 0.25) is 0 Å². The van der Waals surface area contributed by atoms with Crippen LogP contribution < -0.4 is 5.73 Å². The summed E-state index contributed by atoms with van der Waals surface area (Å²) in [6.45, 7) is 0.627. The number of hydrogen-bond acceptors (Lipinski definition) is 3. The molecule has 0 amide bonds. The fraction of sp³-hybridized carbons (Fsp3) is 0.118. The minimum absolute atomic E-state index is 0.627. The minimum Gasteiger partial charge on any atom is -0.330 e. The van der Waals surface area contributed by atoms with E-state index in [0.29, 0.717) is 6.54 Å². The van der Waals surface area contributed by atoms with Crippen LogP contribution in [-0.4, -0.2) is 11.5 Å². The molecule has 0 radical (unpaired) electrons. The number of nitrogens with two attached hydrogens (primary N) is 1. The van der Waals surface area contributed by atoms with Gasteiger partial charge in [-0.15, -0.1) is 11.3 Å². The van der Waals surface area contributed by atoms with Gasteiger partial charge in [-0.2, -0.15) is 0 Å². The van der Waals surface area contributed by atoms with E-state index in [1.165, 1.54) is 4.88 Å². The van der Waals surface area contributed by atoms with Crippen LogP contribution >= 0.6 is 22.9 Å². The first-order valence-corrected chi connectivity index (χ1v) is 7.98. The second-order valence-corrected chi connectivity index (χ2v) is 6.22. The number of rotatable bonds is 4. The molecule has 0 aliphatic carbocycles. The van der Waals surface area contributed by atoms with E-state index in [2.05, 4.69) is 12.1 Å². The fourth-order valence-electron chi connectivity index (χ4n) is 2.19. The highest BCUT2D eigenvalue weighted by Gasteiger charge is 2.13. The van der Waals surface area contributed by atoms with Gasteiger partial charge < -0.3 is 5.73 Å². The Labute approximate surface area is 133 Å². The third-order valence-corrected chi connectivity index (χ3v) is 4.62. The molecule has 0 atom stereocenters. The van der Waals surface area contributed by atoms with Gasteiger partial charge in [0.05, 0.1) is 5.69 Å². The number of aromatic nitrogens is 1. The van der Waals surface area contributed by atoms with Gasteiger partial charge in [0.1, 0.15) is 5.01 Å². The van der Waals surface area contributed by atoms with E-state index in [4.69, 9.17) is 22.3 Å². The van der Waals surface area contributed by atoms with E-state index in [0.717, 1.165) is 33.3 Å². The molecule has 106 valence electrons. The lowest BCUT2D eigenvalue weighted by atomic mass is 10.1. The van der Waals surface area contributed by atoms with E-state index in [1.807, 2.05) is 42.5 Å². The first kappa shape index (κ1) is 14.3. The molecule has 0 spiro atoms. The summed E-state index contributed by atoms with van der Waals surface area (Å²) in [5.74, 6) is 0. The molecule has 2 nitrogen and oxygen atoms in total. The average molecular weight is 315 g/mol. The molecule has 21 heavy (non-hydrogen) atoms. The Morgan fingerprint density at radius 3 is 2.33 bits per heavy atom. The van der Waals surface area contributed by atoms with Crippen LogP contribution in [0.15, 0.2) is 54.6 Å². The molecule has 0 saturated carbocycles. The Morgan fingerprint density at radius 1 is 0.952 bits per heavy atom. The maximum Gasteiger partial charge on any atom is 0.124 e. The Balaban J connectivity index is 2.06. The van der Waals surface area contributed by atoms with Crippen molar-refractivity contribution in [1.29, 1.82) is 0 Å². The van der Waals surface area contributed by atoms with Crippen molar-refractivity contribution in [3.05, 3.63) is 64.5 Å². The summed E-state index contributed by atoms with van der Waals surface area (Å²) in [6, 6.07) is 18.0. The molecule has 0 aliphatic rings. The van der Waals surface area contributed by atoms with Crippen molar-refractivity contribution in [3.8, 4) is 21.8 Å². The van der Waals surface area contributed by atoms with Gasteiger partial charge in [-0.05, 0) is 25.1 Å². The molecule has 1 heterocycles. The van der Waals surface area contributed by atoms with Gasteiger partial charge in [0, 0.05) is 21.0 Å². The smallest absolute Gasteiger partial charge is 0.124 e. The van der Waals surface area contributed by atoms with Crippen LogP contribution in [0, 0.1) is 0 Å². The highest BCUT2D eigenvalue weighted by atomic mass is 35.5. The third-order valence-electron chi connectivity index (χ3n) is 3.21. The van der Waals surface area contributed by atoms with Gasteiger partial charge in [0.15, 0.2) is 0 Å². The monoisotopic (exact) mass is 314 g/mol. The average Bonchev–Trinajstić information content (AvgIpc) is 2.93. The molecule has 0 aliphatic heterocycles. The van der Waals surface area contributed by atoms with Gasteiger partial charge in [-0.3, -0.25) is 0 Å². The molecule has 2 N–H and O–H groups in total. The van der Waals surface area contributed by atoms with Gasteiger partial charge in [-0.1, -0.05) is 54.1 Å². The van der Waals surface area contributed by atoms with Crippen LogP contribution in [0.3, 0.4) is 0 Å². The summed E-state index contributed by atoms with van der Waals surface area (Å²) in [7, 11) is 0. The van der Waals surface area contributed by atoms with E-state index in [1.54, 1.807) is 11.3 Å². The molecule has 2 aromatic carbocycles. The highest BCUT2D eigenvalue weighted by Crippen LogP contribution is 2.34. The van der Waals surface area contributed by atoms with Crippen molar-refractivity contribution in [1.82, 2.24) is 4.98 Å². The molecule has 0 unspecified atom stereocenters. The SMILES string of the molecule is NCCc1sc(-c2ccc(Cl)cc2)nc1-c1ccccc1. The Morgan fingerprint density at radius 2 is 1.67 bits per heavy atom. The molecule has 4 heteroatoms. The van der Waals surface area contributed by atoms with Crippen LogP contribution in [-0.2, 0) is 6.42 Å². The first-order valence-electron chi connectivity index (χ1n) is 6.79. The summed E-state index contributed by atoms with van der Waals surface area (Å²) < 4.78 is 0. The van der Waals surface area contributed by atoms with Crippen LogP contribution in [0.5, 0.6) is 0 Å². The van der Waals surface area contributed by atoms with E-state index < -0.39 is 0 Å². The van der Waals surface area contributed by atoms with Crippen LogP contribution in [0.1, 0.15) is 4.88 Å².